The van der Waals surface area contributed by atoms with Gasteiger partial charge in [0.1, 0.15) is 0 Å². The number of hydrogen-bond donors (Lipinski definition) is 0. The van der Waals surface area contributed by atoms with E-state index in [9.17, 15) is 13.2 Å². The second-order valence-electron chi connectivity index (χ2n) is 4.20. The van der Waals surface area contributed by atoms with E-state index in [-0.39, 0.29) is 11.5 Å². The van der Waals surface area contributed by atoms with Crippen molar-refractivity contribution in [3.8, 4) is 0 Å². The molecule has 5 heteroatoms. The van der Waals surface area contributed by atoms with Crippen molar-refractivity contribution in [1.29, 1.82) is 0 Å². The summed E-state index contributed by atoms with van der Waals surface area (Å²) in [7, 11) is -3.61. The third kappa shape index (κ3) is 5.87. The van der Waals surface area contributed by atoms with E-state index in [0.717, 1.165) is 12.8 Å². The average Bonchev–Trinajstić information content (AvgIpc) is 2.43. The Balaban J connectivity index is 2.37. The summed E-state index contributed by atoms with van der Waals surface area (Å²) in [4.78, 5) is 11.6. The minimum absolute atomic E-state index is 0.132. The summed E-state index contributed by atoms with van der Waals surface area (Å²) in [6.45, 7) is 3.67. The van der Waals surface area contributed by atoms with Crippen LogP contribution in [0.25, 0.3) is 0 Å². The summed E-state index contributed by atoms with van der Waals surface area (Å²) in [5, 5.41) is 0. The molecule has 0 saturated heterocycles. The molecule has 0 aliphatic rings. The van der Waals surface area contributed by atoms with Gasteiger partial charge in [-0.25, -0.2) is 8.42 Å². The summed E-state index contributed by atoms with van der Waals surface area (Å²) in [5.41, 5.74) is 2.65. The van der Waals surface area contributed by atoms with Crippen molar-refractivity contribution in [2.24, 2.45) is 0 Å². The molecule has 0 saturated carbocycles. The quantitative estimate of drug-likeness (QED) is 0.420. The number of sulfone groups is 1. The van der Waals surface area contributed by atoms with Crippen LogP contribution < -0.4 is 0 Å². The van der Waals surface area contributed by atoms with Crippen LogP contribution in [-0.4, -0.2) is 26.7 Å². The minimum atomic E-state index is -3.61. The monoisotopic (exact) mass is 294 g/mol. The molecule has 1 aromatic rings. The van der Waals surface area contributed by atoms with Gasteiger partial charge in [-0.1, -0.05) is 24.8 Å². The van der Waals surface area contributed by atoms with Gasteiger partial charge in [-0.3, -0.25) is 4.79 Å². The number of unbranched alkanes of at least 4 members (excludes halogenated alkanes) is 2. The molecular formula is C15H18O4S. The zero-order chi connectivity index (χ0) is 14.8. The molecule has 4 nitrogen and oxygen atoms in total. The van der Waals surface area contributed by atoms with Gasteiger partial charge in [-0.2, -0.15) is 0 Å². The summed E-state index contributed by atoms with van der Waals surface area (Å²) in [6, 6.07) is 7.88. The maximum Gasteiger partial charge on any atom is 0.321 e. The van der Waals surface area contributed by atoms with E-state index in [1.807, 2.05) is 6.08 Å². The largest absolute Gasteiger partial charge is 0.465 e. The first-order valence-corrected chi connectivity index (χ1v) is 7.99. The number of benzene rings is 1. The Kier molecular flexibility index (Phi) is 6.77. The highest BCUT2D eigenvalue weighted by Crippen LogP contribution is 2.10. The lowest BCUT2D eigenvalue weighted by molar-refractivity contribution is -0.140. The van der Waals surface area contributed by atoms with Gasteiger partial charge < -0.3 is 4.74 Å². The van der Waals surface area contributed by atoms with Gasteiger partial charge in [-0.05, 0) is 37.5 Å². The maximum absolute atomic E-state index is 11.9. The fourth-order valence-electron chi connectivity index (χ4n) is 1.54. The lowest BCUT2D eigenvalue weighted by Crippen LogP contribution is -2.19. The molecule has 0 aromatic heterocycles. The molecule has 20 heavy (non-hydrogen) atoms. The van der Waals surface area contributed by atoms with E-state index in [1.165, 1.54) is 12.1 Å². The molecule has 0 spiro atoms. The number of allylic oxidation sites excluding steroid dienone is 1. The van der Waals surface area contributed by atoms with Crippen LogP contribution in [0.4, 0.5) is 0 Å². The van der Waals surface area contributed by atoms with Crippen molar-refractivity contribution in [2.75, 3.05) is 12.4 Å². The van der Waals surface area contributed by atoms with Crippen LogP contribution in [0.2, 0.25) is 0 Å². The zero-order valence-electron chi connectivity index (χ0n) is 11.2. The molecule has 0 radical (unpaired) electrons. The number of esters is 1. The molecule has 0 N–H and O–H groups in total. The predicted molar refractivity (Wildman–Crippen MR) is 77.0 cm³/mol. The van der Waals surface area contributed by atoms with E-state index in [4.69, 9.17) is 4.74 Å². The molecule has 0 fully saturated rings. The molecule has 1 aromatic carbocycles. The Bertz CT molecular complexity index is 569. The number of carbonyl (C=O) groups is 1. The van der Waals surface area contributed by atoms with Gasteiger partial charge in [0, 0.05) is 0 Å². The number of carbonyl (C=O) groups excluding carboxylic acids is 1. The van der Waals surface area contributed by atoms with Gasteiger partial charge >= 0.3 is 5.97 Å². The Morgan fingerprint density at radius 1 is 1.25 bits per heavy atom. The van der Waals surface area contributed by atoms with Crippen molar-refractivity contribution in [1.82, 2.24) is 0 Å². The van der Waals surface area contributed by atoms with Crippen molar-refractivity contribution < 1.29 is 17.9 Å². The number of ether oxygens (including phenoxy) is 1. The fourth-order valence-corrected chi connectivity index (χ4v) is 2.68. The van der Waals surface area contributed by atoms with Crippen molar-refractivity contribution in [3.63, 3.8) is 0 Å². The molecule has 0 bridgehead atoms. The third-order valence-corrected chi connectivity index (χ3v) is 4.17. The highest BCUT2D eigenvalue weighted by molar-refractivity contribution is 7.92. The number of rotatable bonds is 8. The van der Waals surface area contributed by atoms with Crippen LogP contribution in [-0.2, 0) is 19.4 Å². The summed E-state index contributed by atoms with van der Waals surface area (Å²) in [6.07, 6.45) is 4.17. The standard InChI is InChI=1S/C15H18O4S/c1-2-3-4-5-9-12-19-15(16)13-20(17,18)14-10-7-6-8-11-14/h3,6-8,10-11H,1,4-5,9,12-13H2. The van der Waals surface area contributed by atoms with E-state index in [0.29, 0.717) is 6.42 Å². The van der Waals surface area contributed by atoms with Crippen LogP contribution in [0, 0.1) is 0 Å². The Morgan fingerprint density at radius 2 is 1.95 bits per heavy atom. The molecule has 0 aliphatic carbocycles. The predicted octanol–water partition coefficient (Wildman–Crippen LogP) is 2.51. The van der Waals surface area contributed by atoms with Crippen LogP contribution in [0.5, 0.6) is 0 Å². The molecule has 0 unspecified atom stereocenters. The maximum atomic E-state index is 11.9. The lowest BCUT2D eigenvalue weighted by Gasteiger charge is -2.05. The Hall–Kier alpha value is -1.84. The highest BCUT2D eigenvalue weighted by atomic mass is 32.2. The van der Waals surface area contributed by atoms with Gasteiger partial charge in [0.2, 0.25) is 0 Å². The smallest absolute Gasteiger partial charge is 0.321 e. The molecule has 0 aliphatic heterocycles. The molecule has 0 amide bonds. The van der Waals surface area contributed by atoms with Crippen LogP contribution in [0.3, 0.4) is 0 Å². The van der Waals surface area contributed by atoms with E-state index < -0.39 is 21.6 Å². The van der Waals surface area contributed by atoms with Crippen LogP contribution >= 0.6 is 0 Å². The first-order valence-electron chi connectivity index (χ1n) is 6.34. The summed E-state index contributed by atoms with van der Waals surface area (Å²) < 4.78 is 28.7. The Morgan fingerprint density at radius 3 is 2.60 bits per heavy atom. The van der Waals surface area contributed by atoms with E-state index in [1.54, 1.807) is 18.2 Å². The molecule has 0 heterocycles. The number of hydrogen-bond acceptors (Lipinski definition) is 4. The second-order valence-corrected chi connectivity index (χ2v) is 6.19. The first kappa shape index (κ1) is 16.2. The van der Waals surface area contributed by atoms with Crippen molar-refractivity contribution in [2.45, 2.75) is 24.2 Å². The highest BCUT2D eigenvalue weighted by Gasteiger charge is 2.19. The first-order chi connectivity index (χ1) is 9.56. The minimum Gasteiger partial charge on any atom is -0.465 e. The van der Waals surface area contributed by atoms with Crippen molar-refractivity contribution in [3.05, 3.63) is 48.7 Å². The SMILES string of the molecule is C=C=CCCCCOC(=O)CS(=O)(=O)c1ccccc1. The van der Waals surface area contributed by atoms with Crippen LogP contribution in [0.15, 0.2) is 53.6 Å². The van der Waals surface area contributed by atoms with Gasteiger partial charge in [-0.15, -0.1) is 5.73 Å². The van der Waals surface area contributed by atoms with Gasteiger partial charge in [0.25, 0.3) is 0 Å². The van der Waals surface area contributed by atoms with E-state index >= 15 is 0 Å². The van der Waals surface area contributed by atoms with E-state index in [2.05, 4.69) is 12.3 Å². The normalized spacial score (nSPS) is 10.6. The second kappa shape index (κ2) is 8.35. The van der Waals surface area contributed by atoms with Gasteiger partial charge in [0.05, 0.1) is 11.5 Å². The zero-order valence-corrected chi connectivity index (χ0v) is 12.1. The fraction of sp³-hybridized carbons (Fsp3) is 0.333. The third-order valence-electron chi connectivity index (χ3n) is 2.56. The average molecular weight is 294 g/mol. The van der Waals surface area contributed by atoms with Crippen LogP contribution in [0.1, 0.15) is 19.3 Å². The molecule has 1 rings (SSSR count). The lowest BCUT2D eigenvalue weighted by atomic mass is 10.2. The summed E-state index contributed by atoms with van der Waals surface area (Å²) >= 11 is 0. The molecular weight excluding hydrogens is 276 g/mol. The van der Waals surface area contributed by atoms with Crippen molar-refractivity contribution >= 4 is 15.8 Å². The Labute approximate surface area is 119 Å². The van der Waals surface area contributed by atoms with Gasteiger partial charge in [0.15, 0.2) is 15.6 Å². The molecule has 108 valence electrons. The topological polar surface area (TPSA) is 60.4 Å². The summed E-state index contributed by atoms with van der Waals surface area (Å²) in [5.74, 6) is -1.34. The molecule has 0 atom stereocenters.